The van der Waals surface area contributed by atoms with E-state index in [0.29, 0.717) is 12.1 Å². The summed E-state index contributed by atoms with van der Waals surface area (Å²) in [7, 11) is 4.17. The van der Waals surface area contributed by atoms with E-state index in [1.807, 2.05) is 0 Å². The maximum absolute atomic E-state index is 5.56. The normalized spacial score (nSPS) is 18.5. The van der Waals surface area contributed by atoms with Gasteiger partial charge in [0.05, 0.1) is 11.7 Å². The Balaban J connectivity index is 2.30. The van der Waals surface area contributed by atoms with Crippen LogP contribution in [-0.4, -0.2) is 28.8 Å². The van der Waals surface area contributed by atoms with Crippen molar-refractivity contribution in [2.24, 2.45) is 5.14 Å². The number of hydrogen-bond donors (Lipinski definition) is 1. The van der Waals surface area contributed by atoms with Crippen LogP contribution in [0.15, 0.2) is 11.1 Å². The van der Waals surface area contributed by atoms with E-state index in [4.69, 9.17) is 5.14 Å². The highest BCUT2D eigenvalue weighted by atomic mass is 32.2. The fourth-order valence-corrected chi connectivity index (χ4v) is 1.96. The molecule has 1 aliphatic carbocycles. The number of hydrogen-bond acceptors (Lipinski definition) is 4. The summed E-state index contributed by atoms with van der Waals surface area (Å²) in [6.45, 7) is 2.20. The Kier molecular flexibility index (Phi) is 3.04. The summed E-state index contributed by atoms with van der Waals surface area (Å²) in [5.41, 5.74) is 1.27. The van der Waals surface area contributed by atoms with E-state index in [1.54, 1.807) is 0 Å². The molecular weight excluding hydrogens is 208 g/mol. The predicted molar refractivity (Wildman–Crippen MR) is 62.6 cm³/mol. The summed E-state index contributed by atoms with van der Waals surface area (Å²) < 4.78 is 2.15. The van der Waals surface area contributed by atoms with E-state index in [0.717, 1.165) is 5.03 Å². The Morgan fingerprint density at radius 1 is 1.60 bits per heavy atom. The Morgan fingerprint density at radius 2 is 2.27 bits per heavy atom. The molecule has 1 heterocycles. The molecule has 1 unspecified atom stereocenters. The van der Waals surface area contributed by atoms with Crippen LogP contribution in [0.4, 0.5) is 0 Å². The van der Waals surface area contributed by atoms with Crippen LogP contribution in [0.25, 0.3) is 0 Å². The van der Waals surface area contributed by atoms with E-state index < -0.39 is 0 Å². The van der Waals surface area contributed by atoms with Crippen molar-refractivity contribution in [1.82, 2.24) is 14.7 Å². The molecule has 1 aliphatic rings. The van der Waals surface area contributed by atoms with Crippen LogP contribution in [0.2, 0.25) is 0 Å². The van der Waals surface area contributed by atoms with Gasteiger partial charge in [-0.1, -0.05) is 0 Å². The van der Waals surface area contributed by atoms with Gasteiger partial charge in [0.2, 0.25) is 0 Å². The molecule has 2 rings (SSSR count). The first-order chi connectivity index (χ1) is 7.13. The molecule has 15 heavy (non-hydrogen) atoms. The predicted octanol–water partition coefficient (Wildman–Crippen LogP) is 1.81. The minimum atomic E-state index is 0.388. The third kappa shape index (κ3) is 2.19. The van der Waals surface area contributed by atoms with Crippen molar-refractivity contribution in [1.29, 1.82) is 0 Å². The number of rotatable bonds is 4. The summed E-state index contributed by atoms with van der Waals surface area (Å²) in [6, 6.07) is 3.11. The van der Waals surface area contributed by atoms with Gasteiger partial charge in [0, 0.05) is 6.04 Å². The Labute approximate surface area is 94.9 Å². The van der Waals surface area contributed by atoms with E-state index in [9.17, 15) is 0 Å². The van der Waals surface area contributed by atoms with E-state index in [2.05, 4.69) is 41.8 Å². The molecule has 0 bridgehead atoms. The SMILES string of the molecule is CC(c1cc(SN)nn1C1CC1)N(C)C. The van der Waals surface area contributed by atoms with Gasteiger partial charge in [-0.15, -0.1) is 0 Å². The van der Waals surface area contributed by atoms with Crippen LogP contribution in [-0.2, 0) is 0 Å². The van der Waals surface area contributed by atoms with Crippen molar-refractivity contribution in [3.05, 3.63) is 11.8 Å². The average molecular weight is 226 g/mol. The smallest absolute Gasteiger partial charge is 0.133 e. The maximum Gasteiger partial charge on any atom is 0.133 e. The summed E-state index contributed by atoms with van der Waals surface area (Å²) in [4.78, 5) is 2.20. The van der Waals surface area contributed by atoms with Crippen LogP contribution in [0.5, 0.6) is 0 Å². The zero-order valence-electron chi connectivity index (χ0n) is 9.47. The first-order valence-electron chi connectivity index (χ1n) is 5.26. The van der Waals surface area contributed by atoms with Crippen molar-refractivity contribution in [2.45, 2.75) is 36.9 Å². The van der Waals surface area contributed by atoms with Crippen LogP contribution in [0.1, 0.15) is 37.5 Å². The van der Waals surface area contributed by atoms with Crippen molar-refractivity contribution >= 4 is 11.9 Å². The number of aromatic nitrogens is 2. The standard InChI is InChI=1S/C10H18N4S/c1-7(13(2)3)9-6-10(15-11)12-14(9)8-4-5-8/h6-8H,4-5,11H2,1-3H3. The van der Waals surface area contributed by atoms with Crippen LogP contribution >= 0.6 is 11.9 Å². The zero-order valence-corrected chi connectivity index (χ0v) is 10.3. The summed E-state index contributed by atoms with van der Waals surface area (Å²) in [5.74, 6) is 0. The molecule has 1 aromatic heterocycles. The van der Waals surface area contributed by atoms with Crippen molar-refractivity contribution in [2.75, 3.05) is 14.1 Å². The maximum atomic E-state index is 5.56. The average Bonchev–Trinajstić information content (AvgIpc) is 2.97. The van der Waals surface area contributed by atoms with Gasteiger partial charge >= 0.3 is 0 Å². The lowest BCUT2D eigenvalue weighted by Gasteiger charge is -2.20. The summed E-state index contributed by atoms with van der Waals surface area (Å²) in [5, 5.41) is 11.0. The second-order valence-corrected chi connectivity index (χ2v) is 4.99. The molecule has 1 aromatic rings. The molecule has 0 amide bonds. The molecule has 0 radical (unpaired) electrons. The zero-order chi connectivity index (χ0) is 11.0. The third-order valence-electron chi connectivity index (χ3n) is 2.96. The number of nitrogens with zero attached hydrogens (tertiary/aromatic N) is 3. The fraction of sp³-hybridized carbons (Fsp3) is 0.700. The van der Waals surface area contributed by atoms with E-state index >= 15 is 0 Å². The van der Waals surface area contributed by atoms with E-state index in [1.165, 1.54) is 30.5 Å². The third-order valence-corrected chi connectivity index (χ3v) is 3.40. The highest BCUT2D eigenvalue weighted by Crippen LogP contribution is 2.38. The second kappa shape index (κ2) is 4.15. The van der Waals surface area contributed by atoms with Gasteiger partial charge in [-0.2, -0.15) is 5.10 Å². The van der Waals surface area contributed by atoms with Gasteiger partial charge in [0.25, 0.3) is 0 Å². The molecule has 0 saturated heterocycles. The molecule has 1 fully saturated rings. The molecule has 4 nitrogen and oxygen atoms in total. The van der Waals surface area contributed by atoms with Crippen LogP contribution in [0.3, 0.4) is 0 Å². The Morgan fingerprint density at radius 3 is 2.73 bits per heavy atom. The first kappa shape index (κ1) is 11.0. The minimum absolute atomic E-state index is 0.388. The van der Waals surface area contributed by atoms with Gasteiger partial charge in [-0.05, 0) is 51.9 Å². The highest BCUT2D eigenvalue weighted by molar-refractivity contribution is 7.97. The van der Waals surface area contributed by atoms with Gasteiger partial charge < -0.3 is 4.90 Å². The van der Waals surface area contributed by atoms with Crippen molar-refractivity contribution < 1.29 is 0 Å². The number of nitrogens with two attached hydrogens (primary N) is 1. The minimum Gasteiger partial charge on any atom is -0.301 e. The molecule has 1 saturated carbocycles. The molecule has 84 valence electrons. The molecule has 0 spiro atoms. The molecule has 1 atom stereocenters. The first-order valence-corrected chi connectivity index (χ1v) is 6.14. The second-order valence-electron chi connectivity index (χ2n) is 4.34. The lowest BCUT2D eigenvalue weighted by atomic mass is 10.2. The Hall–Kier alpha value is -0.520. The molecule has 2 N–H and O–H groups in total. The largest absolute Gasteiger partial charge is 0.301 e. The van der Waals surface area contributed by atoms with Crippen LogP contribution in [0, 0.1) is 0 Å². The summed E-state index contributed by atoms with van der Waals surface area (Å²) in [6.07, 6.45) is 2.51. The topological polar surface area (TPSA) is 47.1 Å². The quantitative estimate of drug-likeness (QED) is 0.795. The highest BCUT2D eigenvalue weighted by Gasteiger charge is 2.29. The molecule has 0 aliphatic heterocycles. The lowest BCUT2D eigenvalue weighted by Crippen LogP contribution is -2.20. The van der Waals surface area contributed by atoms with Gasteiger partial charge in [-0.3, -0.25) is 9.82 Å². The molecule has 5 heteroatoms. The van der Waals surface area contributed by atoms with Gasteiger partial charge in [0.15, 0.2) is 0 Å². The monoisotopic (exact) mass is 226 g/mol. The van der Waals surface area contributed by atoms with Gasteiger partial charge in [-0.25, -0.2) is 0 Å². The molecular formula is C10H18N4S. The molecule has 0 aromatic carbocycles. The van der Waals surface area contributed by atoms with Crippen molar-refractivity contribution in [3.8, 4) is 0 Å². The van der Waals surface area contributed by atoms with E-state index in [-0.39, 0.29) is 0 Å². The fourth-order valence-electron chi connectivity index (χ4n) is 1.63. The van der Waals surface area contributed by atoms with Crippen molar-refractivity contribution in [3.63, 3.8) is 0 Å². The van der Waals surface area contributed by atoms with Crippen LogP contribution < -0.4 is 5.14 Å². The van der Waals surface area contributed by atoms with Gasteiger partial charge in [0.1, 0.15) is 5.03 Å². The lowest BCUT2D eigenvalue weighted by molar-refractivity contribution is 0.303. The Bertz CT molecular complexity index is 343. The summed E-state index contributed by atoms with van der Waals surface area (Å²) >= 11 is 1.23.